The van der Waals surface area contributed by atoms with E-state index in [-0.39, 0.29) is 17.9 Å². The zero-order valence-corrected chi connectivity index (χ0v) is 14.3. The summed E-state index contributed by atoms with van der Waals surface area (Å²) in [6.45, 7) is 8.24. The van der Waals surface area contributed by atoms with Gasteiger partial charge in [-0.05, 0) is 50.5 Å². The lowest BCUT2D eigenvalue weighted by Gasteiger charge is -2.27. The number of hydrogen-bond acceptors (Lipinski definition) is 4. The quantitative estimate of drug-likeness (QED) is 0.930. The molecule has 3 rings (SSSR count). The van der Waals surface area contributed by atoms with Crippen molar-refractivity contribution in [2.24, 2.45) is 5.92 Å². The van der Waals surface area contributed by atoms with E-state index in [0.717, 1.165) is 29.8 Å². The van der Waals surface area contributed by atoms with Gasteiger partial charge >= 0.3 is 0 Å². The first-order valence-corrected chi connectivity index (χ1v) is 8.53. The Bertz CT molecular complexity index is 712. The zero-order chi connectivity index (χ0) is 16.6. The van der Waals surface area contributed by atoms with E-state index in [1.165, 1.54) is 12.8 Å². The summed E-state index contributed by atoms with van der Waals surface area (Å²) in [6, 6.07) is 2.16. The van der Waals surface area contributed by atoms with Crippen molar-refractivity contribution in [2.75, 3.05) is 0 Å². The molecule has 0 unspecified atom stereocenters. The fraction of sp³-hybridized carbons (Fsp3) is 0.611. The number of nitrogens with zero attached hydrogens (tertiary/aromatic N) is 2. The second kappa shape index (κ2) is 6.30. The first-order valence-electron chi connectivity index (χ1n) is 8.53. The molecule has 0 saturated heterocycles. The molecule has 5 nitrogen and oxygen atoms in total. The van der Waals surface area contributed by atoms with Crippen molar-refractivity contribution in [1.29, 1.82) is 0 Å². The lowest BCUT2D eigenvalue weighted by molar-refractivity contribution is 0.0924. The SMILES string of the molecule is Cc1noc2nc(C(C)C)cc(C(=O)NC3CCC(C)CC3)c12. The Kier molecular flexibility index (Phi) is 4.37. The van der Waals surface area contributed by atoms with Gasteiger partial charge in [0.15, 0.2) is 0 Å². The van der Waals surface area contributed by atoms with Crippen molar-refractivity contribution in [2.45, 2.75) is 65.3 Å². The minimum atomic E-state index is -0.0369. The van der Waals surface area contributed by atoms with E-state index in [2.05, 4.69) is 36.2 Å². The Hall–Kier alpha value is -1.91. The maximum atomic E-state index is 12.8. The highest BCUT2D eigenvalue weighted by atomic mass is 16.5. The Morgan fingerprint density at radius 1 is 1.30 bits per heavy atom. The summed E-state index contributed by atoms with van der Waals surface area (Å²) < 4.78 is 5.29. The third kappa shape index (κ3) is 3.23. The molecule has 23 heavy (non-hydrogen) atoms. The topological polar surface area (TPSA) is 68.0 Å². The maximum absolute atomic E-state index is 12.8. The molecule has 1 saturated carbocycles. The zero-order valence-electron chi connectivity index (χ0n) is 14.3. The first-order chi connectivity index (χ1) is 11.0. The molecule has 0 radical (unpaired) electrons. The monoisotopic (exact) mass is 315 g/mol. The van der Waals surface area contributed by atoms with Crippen LogP contribution in [-0.2, 0) is 0 Å². The van der Waals surface area contributed by atoms with Crippen molar-refractivity contribution in [3.8, 4) is 0 Å². The number of hydrogen-bond donors (Lipinski definition) is 1. The van der Waals surface area contributed by atoms with Crippen LogP contribution < -0.4 is 5.32 Å². The van der Waals surface area contributed by atoms with E-state index in [1.54, 1.807) is 0 Å². The fourth-order valence-corrected chi connectivity index (χ4v) is 3.26. The van der Waals surface area contributed by atoms with Crippen LogP contribution in [0.15, 0.2) is 10.6 Å². The van der Waals surface area contributed by atoms with E-state index in [4.69, 9.17) is 4.52 Å². The Morgan fingerprint density at radius 2 is 2.00 bits per heavy atom. The molecule has 2 heterocycles. The van der Waals surface area contributed by atoms with Gasteiger partial charge in [-0.1, -0.05) is 25.9 Å². The van der Waals surface area contributed by atoms with Crippen molar-refractivity contribution in [3.05, 3.63) is 23.0 Å². The molecule has 0 spiro atoms. The van der Waals surface area contributed by atoms with Crippen LogP contribution in [0.5, 0.6) is 0 Å². The van der Waals surface area contributed by atoms with Crippen LogP contribution in [0.1, 0.15) is 74.1 Å². The van der Waals surface area contributed by atoms with Crippen LogP contribution in [0.25, 0.3) is 11.1 Å². The third-order valence-electron chi connectivity index (χ3n) is 4.82. The van der Waals surface area contributed by atoms with Gasteiger partial charge in [0.05, 0.1) is 16.6 Å². The smallest absolute Gasteiger partial charge is 0.259 e. The van der Waals surface area contributed by atoms with Crippen LogP contribution in [0.4, 0.5) is 0 Å². The first kappa shape index (κ1) is 16.0. The molecule has 0 aliphatic heterocycles. The number of fused-ring (bicyclic) bond motifs is 1. The molecule has 2 aromatic heterocycles. The highest BCUT2D eigenvalue weighted by Gasteiger charge is 2.24. The Balaban J connectivity index is 1.91. The summed E-state index contributed by atoms with van der Waals surface area (Å²) in [6.07, 6.45) is 4.47. The summed E-state index contributed by atoms with van der Waals surface area (Å²) in [4.78, 5) is 17.3. The van der Waals surface area contributed by atoms with Crippen LogP contribution in [-0.4, -0.2) is 22.1 Å². The molecule has 1 aliphatic rings. The minimum Gasteiger partial charge on any atom is -0.349 e. The van der Waals surface area contributed by atoms with Crippen LogP contribution in [0, 0.1) is 12.8 Å². The van der Waals surface area contributed by atoms with Gasteiger partial charge < -0.3 is 9.84 Å². The standard InChI is InChI=1S/C18H25N3O2/c1-10(2)15-9-14(16-12(4)21-23-18(16)20-15)17(22)19-13-7-5-11(3)6-8-13/h9-11,13H,5-8H2,1-4H3,(H,19,22). The number of rotatable bonds is 3. The summed E-state index contributed by atoms with van der Waals surface area (Å²) in [5, 5.41) is 7.91. The van der Waals surface area contributed by atoms with Gasteiger partial charge in [0.2, 0.25) is 0 Å². The fourth-order valence-electron chi connectivity index (χ4n) is 3.26. The molecule has 0 aromatic carbocycles. The summed E-state index contributed by atoms with van der Waals surface area (Å²) >= 11 is 0. The molecule has 5 heteroatoms. The molecular formula is C18H25N3O2. The largest absolute Gasteiger partial charge is 0.349 e. The number of amides is 1. The second-order valence-electron chi connectivity index (χ2n) is 7.13. The molecule has 2 aromatic rings. The molecule has 0 atom stereocenters. The highest BCUT2D eigenvalue weighted by Crippen LogP contribution is 2.27. The minimum absolute atomic E-state index is 0.0369. The predicted molar refractivity (Wildman–Crippen MR) is 89.5 cm³/mol. The number of carbonyl (C=O) groups excluding carboxylic acids is 1. The van der Waals surface area contributed by atoms with Crippen molar-refractivity contribution in [3.63, 3.8) is 0 Å². The van der Waals surface area contributed by atoms with Crippen LogP contribution >= 0.6 is 0 Å². The van der Waals surface area contributed by atoms with Crippen molar-refractivity contribution < 1.29 is 9.32 Å². The van der Waals surface area contributed by atoms with Gasteiger partial charge in [-0.3, -0.25) is 4.79 Å². The average molecular weight is 315 g/mol. The predicted octanol–water partition coefficient (Wildman–Crippen LogP) is 3.96. The lowest BCUT2D eigenvalue weighted by atomic mass is 9.87. The van der Waals surface area contributed by atoms with Gasteiger partial charge in [0.1, 0.15) is 0 Å². The Labute approximate surface area is 136 Å². The molecule has 0 bridgehead atoms. The molecule has 1 N–H and O–H groups in total. The van der Waals surface area contributed by atoms with Gasteiger partial charge in [0.25, 0.3) is 11.6 Å². The second-order valence-corrected chi connectivity index (χ2v) is 7.13. The maximum Gasteiger partial charge on any atom is 0.259 e. The van der Waals surface area contributed by atoms with Crippen molar-refractivity contribution >= 4 is 17.0 Å². The number of pyridine rings is 1. The molecular weight excluding hydrogens is 290 g/mol. The molecule has 1 fully saturated rings. The van der Waals surface area contributed by atoms with Crippen LogP contribution in [0.3, 0.4) is 0 Å². The van der Waals surface area contributed by atoms with E-state index in [1.807, 2.05) is 13.0 Å². The normalized spacial score (nSPS) is 21.8. The number of carbonyl (C=O) groups is 1. The van der Waals surface area contributed by atoms with E-state index in [9.17, 15) is 4.79 Å². The molecule has 1 aliphatic carbocycles. The lowest BCUT2D eigenvalue weighted by Crippen LogP contribution is -2.37. The third-order valence-corrected chi connectivity index (χ3v) is 4.82. The average Bonchev–Trinajstić information content (AvgIpc) is 2.90. The number of nitrogens with one attached hydrogen (secondary N) is 1. The highest BCUT2D eigenvalue weighted by molar-refractivity contribution is 6.06. The van der Waals surface area contributed by atoms with Gasteiger partial charge in [-0.25, -0.2) is 4.98 Å². The van der Waals surface area contributed by atoms with Gasteiger partial charge in [0, 0.05) is 11.7 Å². The number of aryl methyl sites for hydroxylation is 1. The molecule has 1 amide bonds. The summed E-state index contributed by atoms with van der Waals surface area (Å²) in [5.41, 5.74) is 2.66. The summed E-state index contributed by atoms with van der Waals surface area (Å²) in [7, 11) is 0. The molecule has 124 valence electrons. The van der Waals surface area contributed by atoms with Crippen LogP contribution in [0.2, 0.25) is 0 Å². The Morgan fingerprint density at radius 3 is 2.65 bits per heavy atom. The van der Waals surface area contributed by atoms with Gasteiger partial charge in [-0.2, -0.15) is 0 Å². The van der Waals surface area contributed by atoms with E-state index < -0.39 is 0 Å². The van der Waals surface area contributed by atoms with Gasteiger partial charge in [-0.15, -0.1) is 0 Å². The van der Waals surface area contributed by atoms with E-state index in [0.29, 0.717) is 17.0 Å². The van der Waals surface area contributed by atoms with Crippen molar-refractivity contribution in [1.82, 2.24) is 15.5 Å². The number of aromatic nitrogens is 2. The van der Waals surface area contributed by atoms with E-state index >= 15 is 0 Å². The summed E-state index contributed by atoms with van der Waals surface area (Å²) in [5.74, 6) is 0.959.